The minimum Gasteiger partial charge on any atom is -0.314 e. The van der Waals surface area contributed by atoms with Crippen molar-refractivity contribution in [3.05, 3.63) is 0 Å². The minimum atomic E-state index is 0.798. The Balaban J connectivity index is 1.79. The Bertz CT molecular complexity index is 263. The molecular weight excluding hydrogens is 244 g/mol. The Morgan fingerprint density at radius 3 is 2.25 bits per heavy atom. The van der Waals surface area contributed by atoms with Gasteiger partial charge < -0.3 is 5.32 Å². The summed E-state index contributed by atoms with van der Waals surface area (Å²) in [4.78, 5) is 2.89. The summed E-state index contributed by atoms with van der Waals surface area (Å²) >= 11 is 0. The molecule has 0 aromatic carbocycles. The fourth-order valence-corrected chi connectivity index (χ4v) is 4.42. The van der Waals surface area contributed by atoms with Gasteiger partial charge in [0.15, 0.2) is 0 Å². The number of rotatable bonds is 8. The van der Waals surface area contributed by atoms with Gasteiger partial charge in [-0.1, -0.05) is 33.6 Å². The van der Waals surface area contributed by atoms with Crippen LogP contribution in [0.2, 0.25) is 0 Å². The van der Waals surface area contributed by atoms with Crippen molar-refractivity contribution in [2.45, 2.75) is 103 Å². The minimum absolute atomic E-state index is 0.798. The molecule has 2 aliphatic heterocycles. The lowest BCUT2D eigenvalue weighted by Crippen LogP contribution is -2.52. The molecule has 3 atom stereocenters. The van der Waals surface area contributed by atoms with Crippen LogP contribution < -0.4 is 5.32 Å². The molecular formula is C18H36N2. The zero-order valence-electron chi connectivity index (χ0n) is 14.2. The molecule has 118 valence electrons. The van der Waals surface area contributed by atoms with Gasteiger partial charge in [-0.05, 0) is 57.9 Å². The normalized spacial score (nSPS) is 31.9. The number of piperidine rings is 1. The molecule has 0 radical (unpaired) electrons. The first-order valence-corrected chi connectivity index (χ1v) is 9.12. The van der Waals surface area contributed by atoms with Crippen LogP contribution >= 0.6 is 0 Å². The van der Waals surface area contributed by atoms with Crippen molar-refractivity contribution >= 4 is 0 Å². The Morgan fingerprint density at radius 2 is 1.70 bits per heavy atom. The first-order valence-electron chi connectivity index (χ1n) is 9.12. The van der Waals surface area contributed by atoms with Gasteiger partial charge in [0, 0.05) is 24.2 Å². The highest BCUT2D eigenvalue weighted by molar-refractivity contribution is 4.99. The van der Waals surface area contributed by atoms with E-state index in [9.17, 15) is 0 Å². The molecule has 1 N–H and O–H groups in total. The molecule has 20 heavy (non-hydrogen) atoms. The van der Waals surface area contributed by atoms with Gasteiger partial charge in [0.05, 0.1) is 0 Å². The Morgan fingerprint density at radius 1 is 1.05 bits per heavy atom. The molecule has 2 heterocycles. The number of hydrogen-bond acceptors (Lipinski definition) is 2. The summed E-state index contributed by atoms with van der Waals surface area (Å²) < 4.78 is 0. The second-order valence-electron chi connectivity index (χ2n) is 7.63. The molecule has 0 aliphatic carbocycles. The van der Waals surface area contributed by atoms with E-state index in [-0.39, 0.29) is 0 Å². The Kier molecular flexibility index (Phi) is 6.35. The molecule has 0 aromatic heterocycles. The lowest BCUT2D eigenvalue weighted by atomic mass is 9.93. The van der Waals surface area contributed by atoms with E-state index >= 15 is 0 Å². The Hall–Kier alpha value is -0.0800. The summed E-state index contributed by atoms with van der Waals surface area (Å²) in [6, 6.07) is 3.35. The van der Waals surface area contributed by atoms with E-state index in [1.807, 2.05) is 0 Å². The predicted octanol–water partition coefficient (Wildman–Crippen LogP) is 4.20. The van der Waals surface area contributed by atoms with Crippen LogP contribution in [0.25, 0.3) is 0 Å². The zero-order valence-corrected chi connectivity index (χ0v) is 14.2. The summed E-state index contributed by atoms with van der Waals surface area (Å²) in [6.07, 6.45) is 11.2. The molecule has 2 saturated heterocycles. The van der Waals surface area contributed by atoms with Gasteiger partial charge >= 0.3 is 0 Å². The number of nitrogens with zero attached hydrogens (tertiary/aromatic N) is 1. The third-order valence-corrected chi connectivity index (χ3v) is 5.38. The van der Waals surface area contributed by atoms with Crippen molar-refractivity contribution < 1.29 is 0 Å². The summed E-state index contributed by atoms with van der Waals surface area (Å²) in [5.74, 6) is 0.864. The standard InChI is InChI=1S/C18H36N2/c1-5-11-19-16-12-17-9-10-18(13-16)20(17)15(4)8-6-7-14(2)3/h14-19H,5-13H2,1-4H3. The number of hydrogen-bond donors (Lipinski definition) is 1. The van der Waals surface area contributed by atoms with Crippen LogP contribution in [0.15, 0.2) is 0 Å². The van der Waals surface area contributed by atoms with E-state index in [1.165, 1.54) is 57.9 Å². The molecule has 2 bridgehead atoms. The van der Waals surface area contributed by atoms with Crippen molar-refractivity contribution in [2.75, 3.05) is 6.54 Å². The van der Waals surface area contributed by atoms with Crippen LogP contribution in [0.3, 0.4) is 0 Å². The van der Waals surface area contributed by atoms with Gasteiger partial charge in [0.25, 0.3) is 0 Å². The molecule has 0 aromatic rings. The number of nitrogens with one attached hydrogen (secondary N) is 1. The van der Waals surface area contributed by atoms with E-state index in [0.29, 0.717) is 0 Å². The van der Waals surface area contributed by atoms with Crippen LogP contribution in [0.4, 0.5) is 0 Å². The highest BCUT2D eigenvalue weighted by Gasteiger charge is 2.42. The van der Waals surface area contributed by atoms with Crippen molar-refractivity contribution in [3.63, 3.8) is 0 Å². The third-order valence-electron chi connectivity index (χ3n) is 5.38. The molecule has 2 nitrogen and oxygen atoms in total. The van der Waals surface area contributed by atoms with Crippen molar-refractivity contribution in [1.82, 2.24) is 10.2 Å². The third kappa shape index (κ3) is 4.21. The van der Waals surface area contributed by atoms with E-state index in [0.717, 1.165) is 30.1 Å². The average molecular weight is 280 g/mol. The molecule has 0 spiro atoms. The van der Waals surface area contributed by atoms with Crippen molar-refractivity contribution in [1.29, 1.82) is 0 Å². The van der Waals surface area contributed by atoms with E-state index in [1.54, 1.807) is 0 Å². The maximum absolute atomic E-state index is 3.76. The fraction of sp³-hybridized carbons (Fsp3) is 1.00. The fourth-order valence-electron chi connectivity index (χ4n) is 4.42. The smallest absolute Gasteiger partial charge is 0.0116 e. The molecule has 0 amide bonds. The molecule has 2 rings (SSSR count). The number of fused-ring (bicyclic) bond motifs is 2. The first-order chi connectivity index (χ1) is 9.61. The Labute approximate surface area is 126 Å². The van der Waals surface area contributed by atoms with Gasteiger partial charge in [-0.3, -0.25) is 4.90 Å². The van der Waals surface area contributed by atoms with Gasteiger partial charge in [-0.15, -0.1) is 0 Å². The molecule has 2 aliphatic rings. The molecule has 2 fully saturated rings. The monoisotopic (exact) mass is 280 g/mol. The van der Waals surface area contributed by atoms with Gasteiger partial charge in [-0.25, -0.2) is 0 Å². The average Bonchev–Trinajstić information content (AvgIpc) is 2.67. The quantitative estimate of drug-likeness (QED) is 0.717. The highest BCUT2D eigenvalue weighted by Crippen LogP contribution is 2.38. The summed E-state index contributed by atoms with van der Waals surface area (Å²) in [5.41, 5.74) is 0. The second kappa shape index (κ2) is 7.79. The lowest BCUT2D eigenvalue weighted by molar-refractivity contribution is 0.0719. The first kappa shape index (κ1) is 16.3. The van der Waals surface area contributed by atoms with E-state index in [2.05, 4.69) is 37.9 Å². The molecule has 2 heteroatoms. The largest absolute Gasteiger partial charge is 0.314 e. The van der Waals surface area contributed by atoms with E-state index < -0.39 is 0 Å². The van der Waals surface area contributed by atoms with Gasteiger partial charge in [0.2, 0.25) is 0 Å². The summed E-state index contributed by atoms with van der Waals surface area (Å²) in [5, 5.41) is 3.76. The van der Waals surface area contributed by atoms with E-state index in [4.69, 9.17) is 0 Å². The maximum atomic E-state index is 3.76. The zero-order chi connectivity index (χ0) is 14.5. The van der Waals surface area contributed by atoms with Crippen molar-refractivity contribution in [3.8, 4) is 0 Å². The van der Waals surface area contributed by atoms with Crippen LogP contribution in [-0.2, 0) is 0 Å². The highest BCUT2D eigenvalue weighted by atomic mass is 15.3. The van der Waals surface area contributed by atoms with Gasteiger partial charge in [-0.2, -0.15) is 0 Å². The molecule has 3 unspecified atom stereocenters. The predicted molar refractivity (Wildman–Crippen MR) is 88.1 cm³/mol. The van der Waals surface area contributed by atoms with Crippen molar-refractivity contribution in [2.24, 2.45) is 5.92 Å². The van der Waals surface area contributed by atoms with Crippen LogP contribution in [0.5, 0.6) is 0 Å². The second-order valence-corrected chi connectivity index (χ2v) is 7.63. The topological polar surface area (TPSA) is 15.3 Å². The van der Waals surface area contributed by atoms with Crippen LogP contribution in [-0.4, -0.2) is 35.6 Å². The summed E-state index contributed by atoms with van der Waals surface area (Å²) in [6.45, 7) is 10.6. The lowest BCUT2D eigenvalue weighted by Gasteiger charge is -2.43. The summed E-state index contributed by atoms with van der Waals surface area (Å²) in [7, 11) is 0. The van der Waals surface area contributed by atoms with Gasteiger partial charge in [0.1, 0.15) is 0 Å². The SMILES string of the molecule is CCCNC1CC2CCC(C1)N2C(C)CCCC(C)C. The maximum Gasteiger partial charge on any atom is 0.0116 e. The van der Waals surface area contributed by atoms with Crippen LogP contribution in [0, 0.1) is 5.92 Å². The molecule has 0 saturated carbocycles. The van der Waals surface area contributed by atoms with Crippen LogP contribution in [0.1, 0.15) is 79.1 Å².